The van der Waals surface area contributed by atoms with Crippen LogP contribution in [0, 0.1) is 0 Å². The average Bonchev–Trinajstić information content (AvgIpc) is 3.05. The number of nitrogens with zero attached hydrogens (tertiary/aromatic N) is 6. The van der Waals surface area contributed by atoms with Gasteiger partial charge in [-0.15, -0.1) is 15.3 Å². The van der Waals surface area contributed by atoms with Gasteiger partial charge in [-0.05, 0) is 43.7 Å². The summed E-state index contributed by atoms with van der Waals surface area (Å²) in [6.45, 7) is 6.32. The molecule has 0 aliphatic carbocycles. The minimum atomic E-state index is 0.633. The monoisotopic (exact) mass is 309 g/mol. The number of rotatable bonds is 6. The summed E-state index contributed by atoms with van der Waals surface area (Å²) in [7, 11) is 0. The highest BCUT2D eigenvalue weighted by molar-refractivity contribution is 5.80. The van der Waals surface area contributed by atoms with E-state index in [4.69, 9.17) is 0 Å². The second-order valence-corrected chi connectivity index (χ2v) is 4.99. The molecule has 1 N–H and O–H groups in total. The van der Waals surface area contributed by atoms with Crippen molar-refractivity contribution in [2.24, 2.45) is 5.10 Å². The number of fused-ring (bicyclic) bond motifs is 1. The molecule has 0 radical (unpaired) electrons. The molecule has 0 unspecified atom stereocenters. The van der Waals surface area contributed by atoms with Crippen molar-refractivity contribution in [1.29, 1.82) is 0 Å². The molecule has 0 aliphatic heterocycles. The fourth-order valence-corrected chi connectivity index (χ4v) is 2.32. The minimum Gasteiger partial charge on any atom is -0.372 e. The topological polar surface area (TPSA) is 70.7 Å². The van der Waals surface area contributed by atoms with E-state index >= 15 is 0 Å². The van der Waals surface area contributed by atoms with E-state index in [0.717, 1.165) is 18.7 Å². The molecule has 0 bridgehead atoms. The van der Waals surface area contributed by atoms with E-state index in [1.54, 1.807) is 17.1 Å². The average molecular weight is 309 g/mol. The van der Waals surface area contributed by atoms with Gasteiger partial charge in [0, 0.05) is 18.8 Å². The van der Waals surface area contributed by atoms with E-state index in [1.807, 2.05) is 12.1 Å². The second kappa shape index (κ2) is 6.87. The fourth-order valence-electron chi connectivity index (χ4n) is 2.32. The molecule has 0 spiro atoms. The first-order valence-corrected chi connectivity index (χ1v) is 7.61. The van der Waals surface area contributed by atoms with Gasteiger partial charge in [-0.3, -0.25) is 5.43 Å². The summed E-state index contributed by atoms with van der Waals surface area (Å²) in [5, 5.41) is 16.2. The normalized spacial score (nSPS) is 11.2. The highest BCUT2D eigenvalue weighted by atomic mass is 15.4. The van der Waals surface area contributed by atoms with Crippen LogP contribution in [-0.4, -0.2) is 39.1 Å². The zero-order chi connectivity index (χ0) is 16.1. The third-order valence-electron chi connectivity index (χ3n) is 3.58. The smallest absolute Gasteiger partial charge is 0.177 e. The number of hydrogen-bond acceptors (Lipinski definition) is 6. The second-order valence-electron chi connectivity index (χ2n) is 4.99. The Labute approximate surface area is 134 Å². The van der Waals surface area contributed by atoms with Gasteiger partial charge < -0.3 is 4.90 Å². The Morgan fingerprint density at radius 1 is 1.13 bits per heavy atom. The minimum absolute atomic E-state index is 0.633. The first kappa shape index (κ1) is 15.0. The maximum absolute atomic E-state index is 4.29. The van der Waals surface area contributed by atoms with Gasteiger partial charge in [0.15, 0.2) is 11.5 Å². The molecule has 118 valence electrons. The van der Waals surface area contributed by atoms with Gasteiger partial charge in [-0.25, -0.2) is 0 Å². The van der Waals surface area contributed by atoms with Crippen molar-refractivity contribution in [3.63, 3.8) is 0 Å². The first-order chi connectivity index (χ1) is 11.3. The maximum Gasteiger partial charge on any atom is 0.177 e. The van der Waals surface area contributed by atoms with Gasteiger partial charge in [0.2, 0.25) is 0 Å². The molecule has 0 saturated carbocycles. The van der Waals surface area contributed by atoms with Crippen LogP contribution >= 0.6 is 0 Å². The summed E-state index contributed by atoms with van der Waals surface area (Å²) >= 11 is 0. The molecule has 0 fully saturated rings. The van der Waals surface area contributed by atoms with Crippen molar-refractivity contribution in [3.05, 3.63) is 48.3 Å². The van der Waals surface area contributed by atoms with Crippen LogP contribution in [0.1, 0.15) is 19.4 Å². The molecule has 3 rings (SSSR count). The molecule has 23 heavy (non-hydrogen) atoms. The van der Waals surface area contributed by atoms with Gasteiger partial charge in [-0.1, -0.05) is 12.1 Å². The lowest BCUT2D eigenvalue weighted by Gasteiger charge is -2.20. The van der Waals surface area contributed by atoms with Crippen LogP contribution in [0.5, 0.6) is 0 Å². The van der Waals surface area contributed by atoms with Crippen molar-refractivity contribution >= 4 is 23.4 Å². The number of benzene rings is 1. The van der Waals surface area contributed by atoms with Gasteiger partial charge in [0.1, 0.15) is 6.33 Å². The Morgan fingerprint density at radius 3 is 2.65 bits per heavy atom. The Bertz CT molecular complexity index is 788. The molecule has 2 heterocycles. The molecule has 0 aliphatic rings. The van der Waals surface area contributed by atoms with Crippen LogP contribution in [0.3, 0.4) is 0 Å². The molecule has 7 heteroatoms. The van der Waals surface area contributed by atoms with Crippen molar-refractivity contribution in [3.8, 4) is 0 Å². The summed E-state index contributed by atoms with van der Waals surface area (Å²) in [6, 6.07) is 12.0. The number of aromatic nitrogens is 4. The zero-order valence-electron chi connectivity index (χ0n) is 13.2. The van der Waals surface area contributed by atoms with Crippen molar-refractivity contribution in [1.82, 2.24) is 19.8 Å². The number of hydrogen-bond donors (Lipinski definition) is 1. The third kappa shape index (κ3) is 3.45. The quantitative estimate of drug-likeness (QED) is 0.559. The molecule has 0 saturated heterocycles. The Kier molecular flexibility index (Phi) is 4.46. The van der Waals surface area contributed by atoms with Gasteiger partial charge in [-0.2, -0.15) is 9.62 Å². The maximum atomic E-state index is 4.29. The van der Waals surface area contributed by atoms with E-state index < -0.39 is 0 Å². The summed E-state index contributed by atoms with van der Waals surface area (Å²) in [5.74, 6) is 0.633. The zero-order valence-corrected chi connectivity index (χ0v) is 13.2. The first-order valence-electron chi connectivity index (χ1n) is 7.61. The lowest BCUT2D eigenvalue weighted by Crippen LogP contribution is -2.21. The van der Waals surface area contributed by atoms with Crippen LogP contribution in [-0.2, 0) is 0 Å². The van der Waals surface area contributed by atoms with Gasteiger partial charge in [0.05, 0.1) is 6.21 Å². The molecule has 3 aromatic rings. The van der Waals surface area contributed by atoms with Gasteiger partial charge >= 0.3 is 0 Å². The van der Waals surface area contributed by atoms with Crippen molar-refractivity contribution in [2.75, 3.05) is 23.4 Å². The SMILES string of the molecule is CCN(CC)c1ccc(C=NNc2ccc3nncn3n2)cc1. The standard InChI is InChI=1S/C16H19N7/c1-3-22(4-2)14-7-5-13(6-8-14)11-17-19-15-9-10-16-20-18-12-23(16)21-15/h5-12H,3-4H2,1-2H3,(H,19,21). The Morgan fingerprint density at radius 2 is 1.91 bits per heavy atom. The van der Waals surface area contributed by atoms with Crippen LogP contribution in [0.4, 0.5) is 11.5 Å². The van der Waals surface area contributed by atoms with Crippen LogP contribution in [0.15, 0.2) is 47.8 Å². The van der Waals surface area contributed by atoms with E-state index in [-0.39, 0.29) is 0 Å². The Balaban J connectivity index is 1.65. The Hall–Kier alpha value is -2.96. The van der Waals surface area contributed by atoms with Crippen molar-refractivity contribution < 1.29 is 0 Å². The molecule has 1 aromatic carbocycles. The highest BCUT2D eigenvalue weighted by Crippen LogP contribution is 2.14. The molecule has 0 amide bonds. The van der Waals surface area contributed by atoms with Gasteiger partial charge in [0.25, 0.3) is 0 Å². The molecule has 2 aromatic heterocycles. The summed E-state index contributed by atoms with van der Waals surface area (Å²) in [4.78, 5) is 2.30. The lowest BCUT2D eigenvalue weighted by molar-refractivity contribution is 0.866. The number of anilines is 2. The van der Waals surface area contributed by atoms with Crippen LogP contribution < -0.4 is 10.3 Å². The third-order valence-corrected chi connectivity index (χ3v) is 3.58. The largest absolute Gasteiger partial charge is 0.372 e. The molecule has 0 atom stereocenters. The number of nitrogens with one attached hydrogen (secondary N) is 1. The summed E-state index contributed by atoms with van der Waals surface area (Å²) < 4.78 is 1.59. The summed E-state index contributed by atoms with van der Waals surface area (Å²) in [6.07, 6.45) is 3.32. The number of hydrazone groups is 1. The molecular weight excluding hydrogens is 290 g/mol. The van der Waals surface area contributed by atoms with E-state index in [2.05, 4.69) is 68.8 Å². The molecular formula is C16H19N7. The van der Waals surface area contributed by atoms with E-state index in [9.17, 15) is 0 Å². The van der Waals surface area contributed by atoms with E-state index in [1.165, 1.54) is 5.69 Å². The van der Waals surface area contributed by atoms with Crippen molar-refractivity contribution in [2.45, 2.75) is 13.8 Å². The highest BCUT2D eigenvalue weighted by Gasteiger charge is 2.00. The summed E-state index contributed by atoms with van der Waals surface area (Å²) in [5.41, 5.74) is 5.86. The lowest BCUT2D eigenvalue weighted by atomic mass is 10.2. The predicted octanol–water partition coefficient (Wildman–Crippen LogP) is 2.42. The van der Waals surface area contributed by atoms with Crippen LogP contribution in [0.2, 0.25) is 0 Å². The van der Waals surface area contributed by atoms with Crippen LogP contribution in [0.25, 0.3) is 5.65 Å². The predicted molar refractivity (Wildman–Crippen MR) is 92.0 cm³/mol. The fraction of sp³-hybridized carbons (Fsp3) is 0.250. The van der Waals surface area contributed by atoms with E-state index in [0.29, 0.717) is 11.5 Å². The molecule has 7 nitrogen and oxygen atoms in total.